The van der Waals surface area contributed by atoms with Crippen molar-refractivity contribution in [3.05, 3.63) is 41.3 Å². The Hall–Kier alpha value is -1.85. The van der Waals surface area contributed by atoms with Crippen LogP contribution in [0.5, 0.6) is 5.75 Å². The van der Waals surface area contributed by atoms with E-state index in [1.165, 1.54) is 37.3 Å². The molecule has 4 nitrogen and oxygen atoms in total. The molecule has 5 heteroatoms. The summed E-state index contributed by atoms with van der Waals surface area (Å²) in [5.74, 6) is 1.40. The average Bonchev–Trinajstić information content (AvgIpc) is 3.10. The van der Waals surface area contributed by atoms with E-state index in [9.17, 15) is 4.79 Å². The van der Waals surface area contributed by atoms with Crippen molar-refractivity contribution < 1.29 is 9.53 Å². The fraction of sp³-hybridized carbons (Fsp3) is 0.450. The van der Waals surface area contributed by atoms with Gasteiger partial charge in [-0.15, -0.1) is 11.3 Å². The number of fused-ring (bicyclic) bond motifs is 3. The number of nitrogens with zero attached hydrogens (tertiary/aromatic N) is 1. The van der Waals surface area contributed by atoms with Gasteiger partial charge in [-0.25, -0.2) is 0 Å². The van der Waals surface area contributed by atoms with Gasteiger partial charge in [0, 0.05) is 18.2 Å². The number of hydrogen-bond donors (Lipinski definition) is 1. The Kier molecular flexibility index (Phi) is 4.52. The van der Waals surface area contributed by atoms with Crippen molar-refractivity contribution in [3.8, 4) is 16.2 Å². The summed E-state index contributed by atoms with van der Waals surface area (Å²) >= 11 is 1.50. The van der Waals surface area contributed by atoms with E-state index < -0.39 is 0 Å². The topological polar surface area (TPSA) is 41.6 Å². The second-order valence-corrected chi connectivity index (χ2v) is 8.04. The van der Waals surface area contributed by atoms with Crippen molar-refractivity contribution in [2.24, 2.45) is 5.92 Å². The Morgan fingerprint density at radius 1 is 1.24 bits per heavy atom. The van der Waals surface area contributed by atoms with E-state index >= 15 is 0 Å². The molecule has 4 heterocycles. The maximum absolute atomic E-state index is 12.9. The molecule has 1 aromatic carbocycles. The third kappa shape index (κ3) is 3.07. The van der Waals surface area contributed by atoms with Crippen LogP contribution in [0.3, 0.4) is 0 Å². The normalized spacial score (nSPS) is 27.9. The molecule has 3 aliphatic rings. The van der Waals surface area contributed by atoms with Gasteiger partial charge in [-0.1, -0.05) is 30.3 Å². The van der Waals surface area contributed by atoms with Gasteiger partial charge in [-0.2, -0.15) is 0 Å². The number of rotatable bonds is 4. The Labute approximate surface area is 152 Å². The van der Waals surface area contributed by atoms with E-state index in [1.807, 2.05) is 36.4 Å². The lowest BCUT2D eigenvalue weighted by Gasteiger charge is -2.49. The van der Waals surface area contributed by atoms with Crippen LogP contribution in [0.1, 0.15) is 29.4 Å². The van der Waals surface area contributed by atoms with Crippen molar-refractivity contribution in [1.29, 1.82) is 0 Å². The number of nitrogens with one attached hydrogen (secondary N) is 1. The van der Waals surface area contributed by atoms with Crippen LogP contribution in [0.2, 0.25) is 0 Å². The number of amides is 1. The molecule has 5 rings (SSSR count). The maximum atomic E-state index is 12.9. The van der Waals surface area contributed by atoms with Crippen molar-refractivity contribution >= 4 is 17.2 Å². The minimum absolute atomic E-state index is 0.0241. The second-order valence-electron chi connectivity index (χ2n) is 6.99. The summed E-state index contributed by atoms with van der Waals surface area (Å²) < 4.78 is 5.51. The van der Waals surface area contributed by atoms with Crippen LogP contribution in [0.15, 0.2) is 36.4 Å². The number of carbonyl (C=O) groups excluding carboxylic acids is 1. The number of carbonyl (C=O) groups is 1. The molecule has 0 spiro atoms. The molecule has 2 atom stereocenters. The van der Waals surface area contributed by atoms with E-state index in [-0.39, 0.29) is 11.9 Å². The minimum atomic E-state index is 0.0241. The molecule has 1 amide bonds. The highest BCUT2D eigenvalue weighted by Gasteiger charge is 2.40. The highest BCUT2D eigenvalue weighted by atomic mass is 32.1. The lowest BCUT2D eigenvalue weighted by molar-refractivity contribution is 0.0218. The van der Waals surface area contributed by atoms with Gasteiger partial charge in [0.05, 0.1) is 16.9 Å². The van der Waals surface area contributed by atoms with Crippen molar-refractivity contribution in [2.45, 2.75) is 31.8 Å². The van der Waals surface area contributed by atoms with E-state index in [4.69, 9.17) is 4.74 Å². The quantitative estimate of drug-likeness (QED) is 0.909. The molecule has 0 aliphatic carbocycles. The van der Waals surface area contributed by atoms with E-state index in [1.54, 1.807) is 7.11 Å². The molecule has 2 bridgehead atoms. The molecule has 3 saturated heterocycles. The lowest BCUT2D eigenvalue weighted by atomic mass is 9.79. The molecule has 1 aromatic heterocycles. The highest BCUT2D eigenvalue weighted by molar-refractivity contribution is 7.17. The molecule has 25 heavy (non-hydrogen) atoms. The first kappa shape index (κ1) is 16.6. The summed E-state index contributed by atoms with van der Waals surface area (Å²) in [6.45, 7) is 4.58. The van der Waals surface area contributed by atoms with Crippen LogP contribution in [-0.4, -0.2) is 43.1 Å². The van der Waals surface area contributed by atoms with Crippen LogP contribution >= 0.6 is 11.3 Å². The summed E-state index contributed by atoms with van der Waals surface area (Å²) in [6, 6.07) is 12.6. The monoisotopic (exact) mass is 356 g/mol. The molecular formula is C20H24N2O2S. The molecule has 132 valence electrons. The predicted octanol–water partition coefficient (Wildman–Crippen LogP) is 3.64. The summed E-state index contributed by atoms with van der Waals surface area (Å²) in [7, 11) is 1.66. The van der Waals surface area contributed by atoms with Crippen LogP contribution < -0.4 is 10.1 Å². The zero-order valence-corrected chi connectivity index (χ0v) is 15.5. The maximum Gasteiger partial charge on any atom is 0.261 e. The third-order valence-corrected chi connectivity index (χ3v) is 6.82. The highest BCUT2D eigenvalue weighted by Crippen LogP contribution is 2.39. The molecule has 0 saturated carbocycles. The van der Waals surface area contributed by atoms with Gasteiger partial charge in [0.15, 0.2) is 0 Å². The Morgan fingerprint density at radius 2 is 1.96 bits per heavy atom. The van der Waals surface area contributed by atoms with Gasteiger partial charge in [0.2, 0.25) is 0 Å². The molecule has 3 fully saturated rings. The number of piperidine rings is 3. The largest absolute Gasteiger partial charge is 0.495 e. The first-order valence-electron chi connectivity index (χ1n) is 8.95. The number of thiophene rings is 1. The second kappa shape index (κ2) is 6.81. The molecule has 0 radical (unpaired) electrons. The Morgan fingerprint density at radius 3 is 2.60 bits per heavy atom. The van der Waals surface area contributed by atoms with Crippen molar-refractivity contribution in [3.63, 3.8) is 0 Å². The third-order valence-electron chi connectivity index (χ3n) is 5.65. The van der Waals surface area contributed by atoms with Gasteiger partial charge >= 0.3 is 0 Å². The molecule has 0 unspecified atom stereocenters. The van der Waals surface area contributed by atoms with Crippen molar-refractivity contribution in [1.82, 2.24) is 10.2 Å². The SMILES string of the molecule is COc1cc(C(=O)N[C@@H]2C3CCN(CC3)[C@H]2C)sc1-c1ccccc1. The summed E-state index contributed by atoms with van der Waals surface area (Å²) in [6.07, 6.45) is 2.39. The minimum Gasteiger partial charge on any atom is -0.495 e. The number of methoxy groups -OCH3 is 1. The fourth-order valence-electron chi connectivity index (χ4n) is 4.20. The van der Waals surface area contributed by atoms with Crippen LogP contribution in [0.4, 0.5) is 0 Å². The fourth-order valence-corrected chi connectivity index (χ4v) is 5.23. The average molecular weight is 356 g/mol. The zero-order valence-electron chi connectivity index (χ0n) is 14.7. The first-order valence-corrected chi connectivity index (χ1v) is 9.77. The van der Waals surface area contributed by atoms with Gasteiger partial charge < -0.3 is 10.1 Å². The van der Waals surface area contributed by atoms with Gasteiger partial charge in [-0.05, 0) is 44.3 Å². The summed E-state index contributed by atoms with van der Waals surface area (Å²) in [5, 5.41) is 3.31. The van der Waals surface area contributed by atoms with Crippen LogP contribution in [0, 0.1) is 5.92 Å². The van der Waals surface area contributed by atoms with Gasteiger partial charge in [0.1, 0.15) is 5.75 Å². The van der Waals surface area contributed by atoms with Crippen LogP contribution in [0.25, 0.3) is 10.4 Å². The standard InChI is InChI=1S/C20H24N2O2S/c1-13-18(14-8-10-22(13)11-9-14)21-20(23)17-12-16(24-2)19(25-17)15-6-4-3-5-7-15/h3-7,12-14,18H,8-11H2,1-2H3,(H,21,23)/t13-,18-/m0/s1. The predicted molar refractivity (Wildman–Crippen MR) is 101 cm³/mol. The van der Waals surface area contributed by atoms with E-state index in [0.717, 1.165) is 21.1 Å². The summed E-state index contributed by atoms with van der Waals surface area (Å²) in [5.41, 5.74) is 1.08. The molecule has 3 aliphatic heterocycles. The number of benzene rings is 1. The van der Waals surface area contributed by atoms with E-state index in [0.29, 0.717) is 12.0 Å². The first-order chi connectivity index (χ1) is 12.2. The van der Waals surface area contributed by atoms with Crippen LogP contribution in [-0.2, 0) is 0 Å². The molecule has 2 aromatic rings. The summed E-state index contributed by atoms with van der Waals surface area (Å²) in [4.78, 5) is 17.1. The molecule has 1 N–H and O–H groups in total. The number of ether oxygens (including phenoxy) is 1. The zero-order chi connectivity index (χ0) is 17.4. The van der Waals surface area contributed by atoms with Gasteiger partial charge in [-0.3, -0.25) is 9.69 Å². The molecular weight excluding hydrogens is 332 g/mol. The Balaban J connectivity index is 1.56. The van der Waals surface area contributed by atoms with E-state index in [2.05, 4.69) is 17.1 Å². The smallest absolute Gasteiger partial charge is 0.261 e. The Bertz CT molecular complexity index is 748. The lowest BCUT2D eigenvalue weighted by Crippen LogP contribution is -2.62. The number of hydrogen-bond acceptors (Lipinski definition) is 4. The van der Waals surface area contributed by atoms with Gasteiger partial charge in [0.25, 0.3) is 5.91 Å². The van der Waals surface area contributed by atoms with Crippen molar-refractivity contribution in [2.75, 3.05) is 20.2 Å².